The molecule has 1 aromatic carbocycles. The third kappa shape index (κ3) is 3.24. The summed E-state index contributed by atoms with van der Waals surface area (Å²) in [5.74, 6) is -1.13. The zero-order valence-electron chi connectivity index (χ0n) is 12.1. The first-order valence-electron chi connectivity index (χ1n) is 6.82. The summed E-state index contributed by atoms with van der Waals surface area (Å²) < 4.78 is 36.9. The van der Waals surface area contributed by atoms with Gasteiger partial charge in [0.1, 0.15) is 5.82 Å². The SMILES string of the molecule is Cc1c(F)cc(C(=O)N(C)C2CCCC2)cc1S(N)(=O)=O. The molecule has 0 atom stereocenters. The van der Waals surface area contributed by atoms with Crippen LogP contribution in [0.1, 0.15) is 41.6 Å². The lowest BCUT2D eigenvalue weighted by molar-refractivity contribution is 0.0734. The molecule has 1 saturated carbocycles. The summed E-state index contributed by atoms with van der Waals surface area (Å²) in [4.78, 5) is 13.6. The van der Waals surface area contributed by atoms with E-state index in [1.54, 1.807) is 11.9 Å². The molecule has 2 rings (SSSR count). The molecule has 1 aromatic rings. The van der Waals surface area contributed by atoms with E-state index >= 15 is 0 Å². The maximum absolute atomic E-state index is 13.9. The van der Waals surface area contributed by atoms with Crippen molar-refractivity contribution in [2.24, 2.45) is 5.14 Å². The first-order chi connectivity index (χ1) is 9.71. The number of carbonyl (C=O) groups is 1. The Labute approximate surface area is 124 Å². The molecule has 0 unspecified atom stereocenters. The zero-order valence-corrected chi connectivity index (χ0v) is 12.9. The minimum atomic E-state index is -4.07. The van der Waals surface area contributed by atoms with Gasteiger partial charge in [0, 0.05) is 24.2 Å². The summed E-state index contributed by atoms with van der Waals surface area (Å²) in [6, 6.07) is 2.35. The van der Waals surface area contributed by atoms with Crippen LogP contribution in [-0.4, -0.2) is 32.3 Å². The molecule has 0 bridgehead atoms. The predicted octanol–water partition coefficient (Wildman–Crippen LogP) is 1.80. The number of benzene rings is 1. The molecule has 7 heteroatoms. The van der Waals surface area contributed by atoms with Crippen LogP contribution < -0.4 is 5.14 Å². The molecule has 21 heavy (non-hydrogen) atoms. The predicted molar refractivity (Wildman–Crippen MR) is 76.9 cm³/mol. The van der Waals surface area contributed by atoms with Crippen LogP contribution in [-0.2, 0) is 10.0 Å². The van der Waals surface area contributed by atoms with E-state index in [-0.39, 0.29) is 28.0 Å². The van der Waals surface area contributed by atoms with Crippen LogP contribution in [0, 0.1) is 12.7 Å². The van der Waals surface area contributed by atoms with E-state index in [9.17, 15) is 17.6 Å². The molecule has 0 aromatic heterocycles. The molecule has 5 nitrogen and oxygen atoms in total. The van der Waals surface area contributed by atoms with Gasteiger partial charge in [0.25, 0.3) is 5.91 Å². The Morgan fingerprint density at radius 2 is 1.90 bits per heavy atom. The topological polar surface area (TPSA) is 80.5 Å². The smallest absolute Gasteiger partial charge is 0.253 e. The monoisotopic (exact) mass is 314 g/mol. The Balaban J connectivity index is 2.40. The highest BCUT2D eigenvalue weighted by Crippen LogP contribution is 2.25. The van der Waals surface area contributed by atoms with Gasteiger partial charge in [-0.3, -0.25) is 4.79 Å². The molecule has 0 saturated heterocycles. The average Bonchev–Trinajstić information content (AvgIpc) is 2.92. The van der Waals surface area contributed by atoms with Crippen LogP contribution >= 0.6 is 0 Å². The molecule has 1 amide bonds. The second-order valence-electron chi connectivity index (χ2n) is 5.48. The van der Waals surface area contributed by atoms with Crippen LogP contribution in [0.4, 0.5) is 4.39 Å². The minimum Gasteiger partial charge on any atom is -0.339 e. The second-order valence-corrected chi connectivity index (χ2v) is 7.01. The van der Waals surface area contributed by atoms with Gasteiger partial charge in [0.15, 0.2) is 0 Å². The van der Waals surface area contributed by atoms with Crippen LogP contribution in [0.5, 0.6) is 0 Å². The molecular formula is C14H19FN2O3S. The van der Waals surface area contributed by atoms with Crippen molar-refractivity contribution in [2.45, 2.75) is 43.5 Å². The van der Waals surface area contributed by atoms with Gasteiger partial charge in [-0.25, -0.2) is 17.9 Å². The van der Waals surface area contributed by atoms with Gasteiger partial charge >= 0.3 is 0 Å². The van der Waals surface area contributed by atoms with Gasteiger partial charge in [-0.2, -0.15) is 0 Å². The Kier molecular flexibility index (Phi) is 4.34. The Bertz CT molecular complexity index is 667. The van der Waals surface area contributed by atoms with E-state index in [4.69, 9.17) is 5.14 Å². The lowest BCUT2D eigenvalue weighted by atomic mass is 10.1. The number of primary sulfonamides is 1. The summed E-state index contributed by atoms with van der Waals surface area (Å²) in [7, 11) is -2.41. The van der Waals surface area contributed by atoms with Crippen molar-refractivity contribution in [1.29, 1.82) is 0 Å². The maximum atomic E-state index is 13.9. The normalized spacial score (nSPS) is 16.2. The number of amides is 1. The van der Waals surface area contributed by atoms with Crippen molar-refractivity contribution in [3.05, 3.63) is 29.1 Å². The lowest BCUT2D eigenvalue weighted by Gasteiger charge is -2.24. The standard InChI is InChI=1S/C14H19FN2O3S/c1-9-12(15)7-10(8-13(9)21(16,19)20)14(18)17(2)11-5-3-4-6-11/h7-8,11H,3-6H2,1-2H3,(H2,16,19,20). The number of sulfonamides is 1. The van der Waals surface area contributed by atoms with Crippen molar-refractivity contribution in [3.63, 3.8) is 0 Å². The molecule has 1 aliphatic carbocycles. The third-order valence-corrected chi connectivity index (χ3v) is 5.08. The van der Waals surface area contributed by atoms with Crippen LogP contribution in [0.3, 0.4) is 0 Å². The number of rotatable bonds is 3. The molecule has 1 aliphatic rings. The van der Waals surface area contributed by atoms with Gasteiger partial charge in [0.05, 0.1) is 4.90 Å². The summed E-state index contributed by atoms with van der Waals surface area (Å²) in [6.07, 6.45) is 3.96. The van der Waals surface area contributed by atoms with Gasteiger partial charge in [-0.15, -0.1) is 0 Å². The summed E-state index contributed by atoms with van der Waals surface area (Å²) in [5, 5.41) is 5.07. The van der Waals surface area contributed by atoms with Crippen molar-refractivity contribution < 1.29 is 17.6 Å². The lowest BCUT2D eigenvalue weighted by Crippen LogP contribution is -2.35. The van der Waals surface area contributed by atoms with E-state index in [0.29, 0.717) is 0 Å². The molecule has 2 N–H and O–H groups in total. The fraction of sp³-hybridized carbons (Fsp3) is 0.500. The molecule has 0 aliphatic heterocycles. The Morgan fingerprint density at radius 3 is 2.43 bits per heavy atom. The number of nitrogens with two attached hydrogens (primary N) is 1. The number of nitrogens with zero attached hydrogens (tertiary/aromatic N) is 1. The van der Waals surface area contributed by atoms with Crippen molar-refractivity contribution in [1.82, 2.24) is 4.90 Å². The van der Waals surface area contributed by atoms with Gasteiger partial charge in [-0.1, -0.05) is 12.8 Å². The highest BCUT2D eigenvalue weighted by molar-refractivity contribution is 7.89. The van der Waals surface area contributed by atoms with E-state index < -0.39 is 15.8 Å². The van der Waals surface area contributed by atoms with Gasteiger partial charge in [0.2, 0.25) is 10.0 Å². The van der Waals surface area contributed by atoms with Crippen molar-refractivity contribution >= 4 is 15.9 Å². The molecule has 0 heterocycles. The zero-order chi connectivity index (χ0) is 15.8. The quantitative estimate of drug-likeness (QED) is 0.923. The van der Waals surface area contributed by atoms with E-state index in [1.165, 1.54) is 6.92 Å². The molecule has 116 valence electrons. The number of hydrogen-bond donors (Lipinski definition) is 1. The van der Waals surface area contributed by atoms with E-state index in [1.807, 2.05) is 0 Å². The Hall–Kier alpha value is -1.47. The van der Waals surface area contributed by atoms with Gasteiger partial charge < -0.3 is 4.90 Å². The van der Waals surface area contributed by atoms with Crippen LogP contribution in [0.25, 0.3) is 0 Å². The van der Waals surface area contributed by atoms with E-state index in [0.717, 1.165) is 37.8 Å². The van der Waals surface area contributed by atoms with Crippen molar-refractivity contribution in [2.75, 3.05) is 7.05 Å². The molecule has 0 radical (unpaired) electrons. The highest BCUT2D eigenvalue weighted by Gasteiger charge is 2.26. The molecular weight excluding hydrogens is 295 g/mol. The minimum absolute atomic E-state index is 0.0107. The van der Waals surface area contributed by atoms with E-state index in [2.05, 4.69) is 0 Å². The largest absolute Gasteiger partial charge is 0.339 e. The van der Waals surface area contributed by atoms with Crippen molar-refractivity contribution in [3.8, 4) is 0 Å². The summed E-state index contributed by atoms with van der Waals surface area (Å²) in [6.45, 7) is 1.32. The molecule has 0 spiro atoms. The highest BCUT2D eigenvalue weighted by atomic mass is 32.2. The third-order valence-electron chi connectivity index (χ3n) is 4.04. The summed E-state index contributed by atoms with van der Waals surface area (Å²) in [5.41, 5.74) is -0.0610. The van der Waals surface area contributed by atoms with Crippen LogP contribution in [0.15, 0.2) is 17.0 Å². The first kappa shape index (κ1) is 15.9. The average molecular weight is 314 g/mol. The first-order valence-corrected chi connectivity index (χ1v) is 8.36. The number of halogens is 1. The molecule has 1 fully saturated rings. The van der Waals surface area contributed by atoms with Crippen LogP contribution in [0.2, 0.25) is 0 Å². The Morgan fingerprint density at radius 1 is 1.33 bits per heavy atom. The number of carbonyl (C=O) groups excluding carboxylic acids is 1. The maximum Gasteiger partial charge on any atom is 0.253 e. The van der Waals surface area contributed by atoms with Gasteiger partial charge in [-0.05, 0) is 31.9 Å². The summed E-state index contributed by atoms with van der Waals surface area (Å²) >= 11 is 0. The number of hydrogen-bond acceptors (Lipinski definition) is 3. The second kappa shape index (κ2) is 5.73. The fourth-order valence-electron chi connectivity index (χ4n) is 2.73. The fourth-order valence-corrected chi connectivity index (χ4v) is 3.55.